The molecule has 0 aromatic heterocycles. The third kappa shape index (κ3) is 2.94. The standard InChI is InChI=1S/C11H20FNO2S/c12-4-1-5-16(14,15)13-8-11-7-9-2-3-10(11)6-9/h9-11,13H,1-8H2. The van der Waals surface area contributed by atoms with Crippen LogP contribution in [-0.2, 0) is 10.0 Å². The van der Waals surface area contributed by atoms with E-state index in [-0.39, 0.29) is 12.2 Å². The number of sulfonamides is 1. The average Bonchev–Trinajstić information content (AvgIpc) is 2.85. The van der Waals surface area contributed by atoms with Gasteiger partial charge >= 0.3 is 0 Å². The zero-order chi connectivity index (χ0) is 11.6. The van der Waals surface area contributed by atoms with Crippen LogP contribution in [0.1, 0.15) is 32.1 Å². The highest BCUT2D eigenvalue weighted by Crippen LogP contribution is 2.47. The molecule has 94 valence electrons. The minimum Gasteiger partial charge on any atom is -0.251 e. The molecule has 0 radical (unpaired) electrons. The molecule has 0 aromatic carbocycles. The molecule has 2 aliphatic rings. The van der Waals surface area contributed by atoms with E-state index in [0.29, 0.717) is 12.5 Å². The lowest BCUT2D eigenvalue weighted by Gasteiger charge is -2.21. The molecule has 2 bridgehead atoms. The Morgan fingerprint density at radius 3 is 2.62 bits per heavy atom. The fraction of sp³-hybridized carbons (Fsp3) is 1.00. The van der Waals surface area contributed by atoms with Crippen LogP contribution in [-0.4, -0.2) is 27.4 Å². The molecule has 2 aliphatic carbocycles. The molecule has 3 atom stereocenters. The van der Waals surface area contributed by atoms with Gasteiger partial charge in [-0.3, -0.25) is 4.39 Å². The van der Waals surface area contributed by atoms with Crippen LogP contribution >= 0.6 is 0 Å². The normalized spacial score (nSPS) is 33.4. The van der Waals surface area contributed by atoms with Crippen LogP contribution in [0.4, 0.5) is 4.39 Å². The molecule has 0 heterocycles. The summed E-state index contributed by atoms with van der Waals surface area (Å²) in [6.45, 7) is 0.00479. The number of alkyl halides is 1. The van der Waals surface area contributed by atoms with Gasteiger partial charge in [0.25, 0.3) is 0 Å². The van der Waals surface area contributed by atoms with E-state index in [1.54, 1.807) is 0 Å². The predicted molar refractivity (Wildman–Crippen MR) is 61.3 cm³/mol. The number of halogens is 1. The first-order valence-corrected chi connectivity index (χ1v) is 7.79. The van der Waals surface area contributed by atoms with Gasteiger partial charge in [-0.25, -0.2) is 13.1 Å². The monoisotopic (exact) mass is 249 g/mol. The second kappa shape index (κ2) is 5.00. The molecule has 16 heavy (non-hydrogen) atoms. The molecular weight excluding hydrogens is 229 g/mol. The van der Waals surface area contributed by atoms with Crippen molar-refractivity contribution in [1.29, 1.82) is 0 Å². The lowest BCUT2D eigenvalue weighted by atomic mass is 9.89. The van der Waals surface area contributed by atoms with Crippen molar-refractivity contribution in [2.45, 2.75) is 32.1 Å². The van der Waals surface area contributed by atoms with Gasteiger partial charge in [0.1, 0.15) is 0 Å². The van der Waals surface area contributed by atoms with Crippen molar-refractivity contribution in [3.05, 3.63) is 0 Å². The van der Waals surface area contributed by atoms with Crippen molar-refractivity contribution in [2.24, 2.45) is 17.8 Å². The molecule has 1 N–H and O–H groups in total. The van der Waals surface area contributed by atoms with Crippen molar-refractivity contribution < 1.29 is 12.8 Å². The Morgan fingerprint density at radius 1 is 1.25 bits per heavy atom. The smallest absolute Gasteiger partial charge is 0.211 e. The van der Waals surface area contributed by atoms with Gasteiger partial charge in [0.15, 0.2) is 0 Å². The molecule has 2 fully saturated rings. The highest BCUT2D eigenvalue weighted by molar-refractivity contribution is 7.89. The summed E-state index contributed by atoms with van der Waals surface area (Å²) in [5.41, 5.74) is 0. The summed E-state index contributed by atoms with van der Waals surface area (Å²) in [5.74, 6) is 2.02. The van der Waals surface area contributed by atoms with Gasteiger partial charge in [-0.1, -0.05) is 6.42 Å². The average molecular weight is 249 g/mol. The van der Waals surface area contributed by atoms with Crippen LogP contribution < -0.4 is 4.72 Å². The number of fused-ring (bicyclic) bond motifs is 2. The van der Waals surface area contributed by atoms with Crippen LogP contribution in [0.5, 0.6) is 0 Å². The van der Waals surface area contributed by atoms with Gasteiger partial charge in [-0.2, -0.15) is 0 Å². The van der Waals surface area contributed by atoms with E-state index < -0.39 is 16.7 Å². The molecule has 3 unspecified atom stereocenters. The van der Waals surface area contributed by atoms with Crippen molar-refractivity contribution in [3.63, 3.8) is 0 Å². The van der Waals surface area contributed by atoms with E-state index in [1.807, 2.05) is 0 Å². The van der Waals surface area contributed by atoms with Gasteiger partial charge in [0.2, 0.25) is 10.0 Å². The molecule has 2 saturated carbocycles. The summed E-state index contributed by atoms with van der Waals surface area (Å²) in [5, 5.41) is 0. The molecule has 0 aromatic rings. The zero-order valence-corrected chi connectivity index (χ0v) is 10.3. The highest BCUT2D eigenvalue weighted by Gasteiger charge is 2.39. The Bertz CT molecular complexity index is 331. The Hall–Kier alpha value is -0.160. The molecule has 0 amide bonds. The lowest BCUT2D eigenvalue weighted by Crippen LogP contribution is -2.33. The molecule has 3 nitrogen and oxygen atoms in total. The first kappa shape index (κ1) is 12.3. The zero-order valence-electron chi connectivity index (χ0n) is 9.49. The van der Waals surface area contributed by atoms with Gasteiger partial charge in [0.05, 0.1) is 12.4 Å². The van der Waals surface area contributed by atoms with E-state index in [9.17, 15) is 12.8 Å². The molecule has 2 rings (SSSR count). The minimum absolute atomic E-state index is 0.0791. The second-order valence-electron chi connectivity index (χ2n) is 5.14. The molecule has 0 saturated heterocycles. The first-order chi connectivity index (χ1) is 7.61. The maximum Gasteiger partial charge on any atom is 0.211 e. The maximum absolute atomic E-state index is 11.9. The summed E-state index contributed by atoms with van der Waals surface area (Å²) >= 11 is 0. The van der Waals surface area contributed by atoms with Gasteiger partial charge in [-0.15, -0.1) is 0 Å². The molecule has 0 spiro atoms. The minimum atomic E-state index is -3.24. The fourth-order valence-corrected chi connectivity index (χ4v) is 4.28. The Labute approximate surface area is 96.9 Å². The van der Waals surface area contributed by atoms with E-state index >= 15 is 0 Å². The largest absolute Gasteiger partial charge is 0.251 e. The van der Waals surface area contributed by atoms with E-state index in [2.05, 4.69) is 4.72 Å². The molecule has 0 aliphatic heterocycles. The van der Waals surface area contributed by atoms with Crippen molar-refractivity contribution >= 4 is 10.0 Å². The third-order valence-electron chi connectivity index (χ3n) is 4.00. The second-order valence-corrected chi connectivity index (χ2v) is 7.07. The number of hydrogen-bond acceptors (Lipinski definition) is 2. The number of rotatable bonds is 6. The first-order valence-electron chi connectivity index (χ1n) is 6.14. The van der Waals surface area contributed by atoms with E-state index in [4.69, 9.17) is 0 Å². The maximum atomic E-state index is 11.9. The van der Waals surface area contributed by atoms with Crippen molar-refractivity contribution in [3.8, 4) is 0 Å². The van der Waals surface area contributed by atoms with Crippen LogP contribution in [0.25, 0.3) is 0 Å². The topological polar surface area (TPSA) is 46.2 Å². The van der Waals surface area contributed by atoms with Crippen molar-refractivity contribution in [2.75, 3.05) is 19.0 Å². The third-order valence-corrected chi connectivity index (χ3v) is 5.43. The Balaban J connectivity index is 1.75. The van der Waals surface area contributed by atoms with Crippen LogP contribution in [0.15, 0.2) is 0 Å². The Kier molecular flexibility index (Phi) is 3.85. The summed E-state index contributed by atoms with van der Waals surface area (Å²) in [7, 11) is -3.24. The number of hydrogen-bond donors (Lipinski definition) is 1. The molecular formula is C11H20FNO2S. The fourth-order valence-electron chi connectivity index (χ4n) is 3.18. The van der Waals surface area contributed by atoms with Gasteiger partial charge < -0.3 is 0 Å². The summed E-state index contributed by atoms with van der Waals surface area (Å²) in [4.78, 5) is 0. The Morgan fingerprint density at radius 2 is 2.06 bits per heavy atom. The molecule has 5 heteroatoms. The number of nitrogens with one attached hydrogen (secondary N) is 1. The van der Waals surface area contributed by atoms with Gasteiger partial charge in [0, 0.05) is 6.54 Å². The van der Waals surface area contributed by atoms with Crippen LogP contribution in [0, 0.1) is 17.8 Å². The lowest BCUT2D eigenvalue weighted by molar-refractivity contribution is 0.332. The predicted octanol–water partition coefficient (Wildman–Crippen LogP) is 1.70. The summed E-state index contributed by atoms with van der Waals surface area (Å²) in [6, 6.07) is 0. The highest BCUT2D eigenvalue weighted by atomic mass is 32.2. The summed E-state index contributed by atoms with van der Waals surface area (Å²) in [6.07, 6.45) is 5.16. The van der Waals surface area contributed by atoms with Crippen LogP contribution in [0.3, 0.4) is 0 Å². The van der Waals surface area contributed by atoms with E-state index in [1.165, 1.54) is 25.7 Å². The summed E-state index contributed by atoms with van der Waals surface area (Å²) < 4.78 is 37.5. The van der Waals surface area contributed by atoms with Crippen LogP contribution in [0.2, 0.25) is 0 Å². The van der Waals surface area contributed by atoms with E-state index in [0.717, 1.165) is 11.8 Å². The van der Waals surface area contributed by atoms with Gasteiger partial charge in [-0.05, 0) is 43.4 Å². The quantitative estimate of drug-likeness (QED) is 0.779. The SMILES string of the molecule is O=S(=O)(CCCF)NCC1CC2CCC1C2. The van der Waals surface area contributed by atoms with Crippen molar-refractivity contribution in [1.82, 2.24) is 4.72 Å².